The summed E-state index contributed by atoms with van der Waals surface area (Å²) >= 11 is 3.09. The van der Waals surface area contributed by atoms with E-state index in [0.717, 1.165) is 0 Å². The molecule has 120 valence electrons. The average molecular weight is 397 g/mol. The molecule has 0 saturated carbocycles. The van der Waals surface area contributed by atoms with Gasteiger partial charge in [0.15, 0.2) is 0 Å². The molecule has 0 unspecified atom stereocenters. The highest BCUT2D eigenvalue weighted by molar-refractivity contribution is 9.18. The maximum absolute atomic E-state index is 11.7. The van der Waals surface area contributed by atoms with E-state index in [1.807, 2.05) is 18.2 Å². The summed E-state index contributed by atoms with van der Waals surface area (Å²) in [6.45, 7) is -1.98. The topological polar surface area (TPSA) is 17.1 Å². The molecule has 0 fully saturated rings. The molecule has 0 aromatic heterocycles. The highest BCUT2D eigenvalue weighted by atomic mass is 79.9. The Morgan fingerprint density at radius 2 is 1.04 bits per heavy atom. The molecule has 0 spiro atoms. The lowest BCUT2D eigenvalue weighted by atomic mass is 10.4. The fourth-order valence-corrected chi connectivity index (χ4v) is 7.27. The molecular formula is C21H18BrOP. The molecule has 3 aromatic carbocycles. The molecule has 0 aliphatic heterocycles. The second kappa shape index (κ2) is 7.79. The van der Waals surface area contributed by atoms with Crippen LogP contribution < -0.4 is 15.9 Å². The fourth-order valence-electron chi connectivity index (χ4n) is 2.96. The van der Waals surface area contributed by atoms with Crippen LogP contribution in [0.4, 0.5) is 0 Å². The lowest BCUT2D eigenvalue weighted by molar-refractivity contribution is -0.109. The van der Waals surface area contributed by atoms with E-state index in [9.17, 15) is 4.79 Å². The monoisotopic (exact) mass is 396 g/mol. The summed E-state index contributed by atoms with van der Waals surface area (Å²) < 4.78 is 0.00895. The molecule has 0 N–H and O–H groups in total. The number of benzene rings is 3. The molecule has 1 nitrogen and oxygen atoms in total. The van der Waals surface area contributed by atoms with Gasteiger partial charge in [-0.1, -0.05) is 96.8 Å². The summed E-state index contributed by atoms with van der Waals surface area (Å²) in [6, 6.07) is 31.5. The molecule has 0 bridgehead atoms. The number of carbonyl (C=O) groups is 1. The van der Waals surface area contributed by atoms with Crippen LogP contribution in [0.3, 0.4) is 0 Å². The molecule has 0 heterocycles. The van der Waals surface area contributed by atoms with Crippen molar-refractivity contribution in [3.63, 3.8) is 0 Å². The Bertz CT molecular complexity index is 755. The van der Waals surface area contributed by atoms with Crippen molar-refractivity contribution in [2.45, 2.75) is 6.42 Å². The molecule has 0 aliphatic rings. The Morgan fingerprint density at radius 3 is 1.33 bits per heavy atom. The molecule has 0 amide bonds. The standard InChI is InChI=1S/C21H18BrOP/c22-21(23)16-17-24(18-10-4-1-5-11-18,19-12-6-2-7-13-19)20-14-8-3-9-15-20/h1-15,17H,16H2. The van der Waals surface area contributed by atoms with Crippen LogP contribution >= 0.6 is 22.8 Å². The molecule has 0 saturated heterocycles. The highest BCUT2D eigenvalue weighted by Gasteiger charge is 2.24. The van der Waals surface area contributed by atoms with Gasteiger partial charge in [0, 0.05) is 6.42 Å². The van der Waals surface area contributed by atoms with Crippen molar-refractivity contribution in [3.05, 3.63) is 91.0 Å². The van der Waals surface area contributed by atoms with Crippen molar-refractivity contribution in [1.82, 2.24) is 0 Å². The van der Waals surface area contributed by atoms with Crippen LogP contribution in [0.25, 0.3) is 0 Å². The maximum atomic E-state index is 11.7. The third kappa shape index (κ3) is 3.45. The maximum Gasteiger partial charge on any atom is 0.201 e. The Morgan fingerprint density at radius 1 is 0.708 bits per heavy atom. The minimum Gasteiger partial charge on any atom is -0.286 e. The summed E-state index contributed by atoms with van der Waals surface area (Å²) in [5.41, 5.74) is 0. The molecule has 3 rings (SSSR count). The largest absolute Gasteiger partial charge is 0.286 e. The molecule has 0 aliphatic carbocycles. The van der Waals surface area contributed by atoms with Gasteiger partial charge in [0.05, 0.1) is 0 Å². The van der Waals surface area contributed by atoms with Gasteiger partial charge in [-0.2, -0.15) is 0 Å². The van der Waals surface area contributed by atoms with Gasteiger partial charge in [-0.3, -0.25) is 4.79 Å². The first-order chi connectivity index (χ1) is 11.7. The second-order valence-electron chi connectivity index (χ2n) is 5.47. The van der Waals surface area contributed by atoms with Crippen LogP contribution in [0.5, 0.6) is 0 Å². The summed E-state index contributed by atoms with van der Waals surface area (Å²) in [7, 11) is 0. The SMILES string of the molecule is O=C(Br)CC=P(c1ccccc1)(c1ccccc1)c1ccccc1. The van der Waals surface area contributed by atoms with E-state index in [0.29, 0.717) is 6.42 Å². The predicted molar refractivity (Wildman–Crippen MR) is 110 cm³/mol. The van der Waals surface area contributed by atoms with Gasteiger partial charge in [-0.05, 0) is 38.7 Å². The van der Waals surface area contributed by atoms with Crippen molar-refractivity contribution < 1.29 is 4.79 Å². The Hall–Kier alpha value is -1.89. The molecule has 24 heavy (non-hydrogen) atoms. The Labute approximate surface area is 151 Å². The van der Waals surface area contributed by atoms with E-state index in [4.69, 9.17) is 0 Å². The zero-order valence-corrected chi connectivity index (χ0v) is 15.7. The van der Waals surface area contributed by atoms with E-state index in [1.165, 1.54) is 15.9 Å². The summed E-state index contributed by atoms with van der Waals surface area (Å²) in [6.07, 6.45) is 0.395. The minimum absolute atomic E-state index is 0.00895. The zero-order chi connectivity index (χ0) is 16.8. The van der Waals surface area contributed by atoms with Gasteiger partial charge in [0.1, 0.15) is 0 Å². The van der Waals surface area contributed by atoms with E-state index >= 15 is 0 Å². The molecular weight excluding hydrogens is 379 g/mol. The number of hydrogen-bond donors (Lipinski definition) is 0. The van der Waals surface area contributed by atoms with Gasteiger partial charge < -0.3 is 0 Å². The lowest BCUT2D eigenvalue weighted by Crippen LogP contribution is -2.27. The minimum atomic E-state index is -1.98. The van der Waals surface area contributed by atoms with Crippen molar-refractivity contribution in [1.29, 1.82) is 0 Å². The predicted octanol–water partition coefficient (Wildman–Crippen LogP) is 4.09. The van der Waals surface area contributed by atoms with E-state index < -0.39 is 6.89 Å². The number of halogens is 1. The number of rotatable bonds is 5. The van der Waals surface area contributed by atoms with Crippen LogP contribution in [-0.2, 0) is 4.79 Å². The molecule has 0 radical (unpaired) electrons. The summed E-state index contributed by atoms with van der Waals surface area (Å²) in [4.78, 5) is 11.7. The Balaban J connectivity index is 2.37. The second-order valence-corrected chi connectivity index (χ2v) is 9.72. The van der Waals surface area contributed by atoms with Gasteiger partial charge in [0.25, 0.3) is 0 Å². The van der Waals surface area contributed by atoms with E-state index in [1.54, 1.807) is 0 Å². The number of hydrogen-bond acceptors (Lipinski definition) is 1. The third-order valence-electron chi connectivity index (χ3n) is 4.02. The van der Waals surface area contributed by atoms with Crippen LogP contribution in [0.1, 0.15) is 6.42 Å². The quantitative estimate of drug-likeness (QED) is 0.468. The summed E-state index contributed by atoms with van der Waals surface area (Å²) in [5.74, 6) is 2.21. The van der Waals surface area contributed by atoms with Crippen molar-refractivity contribution in [2.24, 2.45) is 0 Å². The summed E-state index contributed by atoms with van der Waals surface area (Å²) in [5, 5.41) is 3.78. The first kappa shape index (κ1) is 17.0. The van der Waals surface area contributed by atoms with Gasteiger partial charge in [0.2, 0.25) is 4.69 Å². The lowest BCUT2D eigenvalue weighted by Gasteiger charge is -2.28. The molecule has 3 heteroatoms. The van der Waals surface area contributed by atoms with Crippen molar-refractivity contribution in [3.8, 4) is 0 Å². The van der Waals surface area contributed by atoms with Crippen LogP contribution in [0, 0.1) is 0 Å². The zero-order valence-electron chi connectivity index (χ0n) is 13.2. The number of carbonyl (C=O) groups excluding carboxylic acids is 1. The third-order valence-corrected chi connectivity index (χ3v) is 8.41. The average Bonchev–Trinajstić information content (AvgIpc) is 2.65. The van der Waals surface area contributed by atoms with Gasteiger partial charge >= 0.3 is 0 Å². The first-order valence-electron chi connectivity index (χ1n) is 7.82. The van der Waals surface area contributed by atoms with Gasteiger partial charge in [-0.15, -0.1) is 0 Å². The van der Waals surface area contributed by atoms with Crippen molar-refractivity contribution in [2.75, 3.05) is 0 Å². The normalized spacial score (nSPS) is 11.0. The van der Waals surface area contributed by atoms with E-state index in [2.05, 4.69) is 94.5 Å². The van der Waals surface area contributed by atoms with Crippen LogP contribution in [0.2, 0.25) is 0 Å². The van der Waals surface area contributed by atoms with Crippen LogP contribution in [-0.4, -0.2) is 10.5 Å². The first-order valence-corrected chi connectivity index (χ1v) is 10.5. The van der Waals surface area contributed by atoms with Gasteiger partial charge in [-0.25, -0.2) is 0 Å². The van der Waals surface area contributed by atoms with Crippen molar-refractivity contribution >= 4 is 49.2 Å². The molecule has 3 aromatic rings. The Kier molecular flexibility index (Phi) is 5.50. The molecule has 0 atom stereocenters. The highest BCUT2D eigenvalue weighted by Crippen LogP contribution is 2.43. The fraction of sp³-hybridized carbons (Fsp3) is 0.0476. The smallest absolute Gasteiger partial charge is 0.201 e. The van der Waals surface area contributed by atoms with Crippen LogP contribution in [0.15, 0.2) is 91.0 Å². The van der Waals surface area contributed by atoms with E-state index in [-0.39, 0.29) is 4.69 Å².